The molecule has 0 bridgehead atoms. The van der Waals surface area contributed by atoms with Crippen molar-refractivity contribution in [3.05, 3.63) is 75.6 Å². The molecule has 0 spiro atoms. The fraction of sp³-hybridized carbons (Fsp3) is 0.333. The van der Waals surface area contributed by atoms with Crippen LogP contribution in [0.2, 0.25) is 0 Å². The molecule has 0 aliphatic carbocycles. The molecule has 3 aromatic rings. The molecule has 1 fully saturated rings. The Morgan fingerprint density at radius 3 is 2.38 bits per heavy atom. The molecule has 4 rings (SSSR count). The Hall–Kier alpha value is -2.97. The van der Waals surface area contributed by atoms with Gasteiger partial charge in [-0.05, 0) is 50.5 Å². The summed E-state index contributed by atoms with van der Waals surface area (Å²) in [5.74, 6) is -0.765. The van der Waals surface area contributed by atoms with Gasteiger partial charge in [-0.1, -0.05) is 29.8 Å². The minimum atomic E-state index is -3.58. The third-order valence-corrected chi connectivity index (χ3v) is 7.71. The molecule has 2 heterocycles. The first-order valence-corrected chi connectivity index (χ1v) is 11.9. The largest absolute Gasteiger partial charge is 0.461 e. The normalized spacial score (nSPS) is 15.7. The molecular formula is C24H25NO6S. The molecule has 32 heavy (non-hydrogen) atoms. The Morgan fingerprint density at radius 1 is 1.03 bits per heavy atom. The van der Waals surface area contributed by atoms with Gasteiger partial charge in [-0.15, -0.1) is 0 Å². The van der Waals surface area contributed by atoms with Crippen LogP contribution in [-0.4, -0.2) is 31.8 Å². The zero-order chi connectivity index (χ0) is 22.9. The van der Waals surface area contributed by atoms with Crippen molar-refractivity contribution in [2.24, 2.45) is 5.92 Å². The number of hydrogen-bond acceptors (Lipinski definition) is 6. The highest BCUT2D eigenvalue weighted by molar-refractivity contribution is 7.89. The van der Waals surface area contributed by atoms with Crippen molar-refractivity contribution in [1.82, 2.24) is 4.31 Å². The predicted octanol–water partition coefficient (Wildman–Crippen LogP) is 3.55. The van der Waals surface area contributed by atoms with Gasteiger partial charge in [0.2, 0.25) is 10.0 Å². The summed E-state index contributed by atoms with van der Waals surface area (Å²) >= 11 is 0. The lowest BCUT2D eigenvalue weighted by atomic mass is 9.98. The summed E-state index contributed by atoms with van der Waals surface area (Å²) in [5, 5.41) is 0.724. The van der Waals surface area contributed by atoms with Gasteiger partial charge in [0.25, 0.3) is 0 Å². The highest BCUT2D eigenvalue weighted by atomic mass is 32.2. The second kappa shape index (κ2) is 8.88. The molecule has 0 saturated carbocycles. The fourth-order valence-electron chi connectivity index (χ4n) is 3.91. The van der Waals surface area contributed by atoms with Gasteiger partial charge < -0.3 is 9.15 Å². The number of benzene rings is 2. The molecule has 0 unspecified atom stereocenters. The number of carbonyl (C=O) groups is 1. The lowest BCUT2D eigenvalue weighted by Gasteiger charge is -2.30. The minimum absolute atomic E-state index is 0.0358. The van der Waals surface area contributed by atoms with E-state index in [0.29, 0.717) is 24.0 Å². The first kappa shape index (κ1) is 22.2. The average Bonchev–Trinajstić information content (AvgIpc) is 2.77. The fourth-order valence-corrected chi connectivity index (χ4v) is 5.38. The van der Waals surface area contributed by atoms with Crippen molar-refractivity contribution >= 4 is 27.0 Å². The first-order valence-electron chi connectivity index (χ1n) is 10.5. The third kappa shape index (κ3) is 4.61. The molecule has 2 aromatic carbocycles. The maximum Gasteiger partial charge on any atom is 0.336 e. The maximum atomic E-state index is 12.8. The average molecular weight is 456 g/mol. The monoisotopic (exact) mass is 455 g/mol. The second-order valence-electron chi connectivity index (χ2n) is 8.19. The van der Waals surface area contributed by atoms with E-state index < -0.39 is 15.6 Å². The molecule has 1 saturated heterocycles. The number of ether oxygens (including phenoxy) is 1. The summed E-state index contributed by atoms with van der Waals surface area (Å²) in [6.45, 7) is 4.28. The van der Waals surface area contributed by atoms with Crippen molar-refractivity contribution in [2.75, 3.05) is 13.1 Å². The predicted molar refractivity (Wildman–Crippen MR) is 120 cm³/mol. The number of fused-ring (bicyclic) bond motifs is 1. The quantitative estimate of drug-likeness (QED) is 0.431. The lowest BCUT2D eigenvalue weighted by molar-refractivity contribution is -0.151. The molecule has 168 valence electrons. The van der Waals surface area contributed by atoms with E-state index in [1.165, 1.54) is 10.4 Å². The Balaban J connectivity index is 1.39. The van der Waals surface area contributed by atoms with E-state index in [1.807, 2.05) is 26.0 Å². The van der Waals surface area contributed by atoms with Gasteiger partial charge in [0.1, 0.15) is 12.2 Å². The van der Waals surface area contributed by atoms with Gasteiger partial charge in [0, 0.05) is 30.1 Å². The molecule has 0 amide bonds. The van der Waals surface area contributed by atoms with Gasteiger partial charge in [0.15, 0.2) is 0 Å². The van der Waals surface area contributed by atoms with Gasteiger partial charge in [-0.3, -0.25) is 4.79 Å². The van der Waals surface area contributed by atoms with Crippen LogP contribution in [0.25, 0.3) is 11.0 Å². The second-order valence-corrected chi connectivity index (χ2v) is 10.1. The molecule has 1 aliphatic rings. The van der Waals surface area contributed by atoms with Gasteiger partial charge in [0.05, 0.1) is 10.8 Å². The topological polar surface area (TPSA) is 93.9 Å². The Bertz CT molecular complexity index is 1300. The van der Waals surface area contributed by atoms with Crippen molar-refractivity contribution in [3.63, 3.8) is 0 Å². The summed E-state index contributed by atoms with van der Waals surface area (Å²) in [6.07, 6.45) is 0.779. The molecule has 0 radical (unpaired) electrons. The van der Waals surface area contributed by atoms with Crippen molar-refractivity contribution in [2.45, 2.75) is 38.2 Å². The summed E-state index contributed by atoms with van der Waals surface area (Å²) < 4.78 is 37.8. The Morgan fingerprint density at radius 2 is 1.69 bits per heavy atom. The van der Waals surface area contributed by atoms with Crippen molar-refractivity contribution in [3.8, 4) is 0 Å². The van der Waals surface area contributed by atoms with E-state index >= 15 is 0 Å². The zero-order valence-corrected chi connectivity index (χ0v) is 18.9. The number of piperidine rings is 1. The van der Waals surface area contributed by atoms with Crippen LogP contribution >= 0.6 is 0 Å². The van der Waals surface area contributed by atoms with Gasteiger partial charge >= 0.3 is 11.6 Å². The molecular weight excluding hydrogens is 430 g/mol. The van der Waals surface area contributed by atoms with Crippen LogP contribution in [-0.2, 0) is 26.2 Å². The summed E-state index contributed by atoms with van der Waals surface area (Å²) in [4.78, 5) is 24.7. The minimum Gasteiger partial charge on any atom is -0.461 e. The van der Waals surface area contributed by atoms with E-state index in [-0.39, 0.29) is 36.5 Å². The summed E-state index contributed by atoms with van der Waals surface area (Å²) in [5.41, 5.74) is 2.50. The van der Waals surface area contributed by atoms with Crippen LogP contribution < -0.4 is 5.63 Å². The number of carbonyl (C=O) groups excluding carboxylic acids is 1. The molecule has 0 atom stereocenters. The highest BCUT2D eigenvalue weighted by Gasteiger charge is 2.32. The molecule has 0 N–H and O–H groups in total. The van der Waals surface area contributed by atoms with E-state index in [0.717, 1.165) is 16.5 Å². The van der Waals surface area contributed by atoms with E-state index in [4.69, 9.17) is 9.15 Å². The summed E-state index contributed by atoms with van der Waals surface area (Å²) in [6, 6.07) is 13.6. The summed E-state index contributed by atoms with van der Waals surface area (Å²) in [7, 11) is -3.58. The zero-order valence-electron chi connectivity index (χ0n) is 18.0. The lowest BCUT2D eigenvalue weighted by Crippen LogP contribution is -2.40. The first-order chi connectivity index (χ1) is 15.2. The van der Waals surface area contributed by atoms with Crippen LogP contribution in [0.5, 0.6) is 0 Å². The van der Waals surface area contributed by atoms with Gasteiger partial charge in [-0.2, -0.15) is 4.31 Å². The highest BCUT2D eigenvalue weighted by Crippen LogP contribution is 2.26. The van der Waals surface area contributed by atoms with E-state index in [9.17, 15) is 18.0 Å². The number of hydrogen-bond donors (Lipinski definition) is 0. The van der Waals surface area contributed by atoms with Crippen LogP contribution in [0.1, 0.15) is 29.5 Å². The number of rotatable bonds is 5. The smallest absolute Gasteiger partial charge is 0.336 e. The molecule has 7 nitrogen and oxygen atoms in total. The number of aryl methyl sites for hydroxylation is 2. The van der Waals surface area contributed by atoms with Crippen molar-refractivity contribution < 1.29 is 22.4 Å². The molecule has 8 heteroatoms. The Kier molecular flexibility index (Phi) is 6.17. The number of esters is 1. The Labute approximate surface area is 186 Å². The molecule has 1 aromatic heterocycles. The van der Waals surface area contributed by atoms with Crippen LogP contribution in [0.4, 0.5) is 0 Å². The molecule has 1 aliphatic heterocycles. The standard InChI is InChI=1S/C24H25NO6S/c1-16-3-6-20(7-4-16)32(28,29)25-11-9-18(10-12-25)24(27)30-15-19-14-23(26)31-22-13-17(2)5-8-21(19)22/h3-8,13-14,18H,9-12,15H2,1-2H3. The van der Waals surface area contributed by atoms with Crippen LogP contribution in [0.15, 0.2) is 62.6 Å². The number of sulfonamides is 1. The van der Waals surface area contributed by atoms with E-state index in [2.05, 4.69) is 0 Å². The SMILES string of the molecule is Cc1ccc(S(=O)(=O)N2CCC(C(=O)OCc3cc(=O)oc4cc(C)ccc34)CC2)cc1. The third-order valence-electron chi connectivity index (χ3n) is 5.80. The maximum absolute atomic E-state index is 12.8. The van der Waals surface area contributed by atoms with E-state index in [1.54, 1.807) is 30.3 Å². The van der Waals surface area contributed by atoms with Gasteiger partial charge in [-0.25, -0.2) is 13.2 Å². The van der Waals surface area contributed by atoms with Crippen molar-refractivity contribution in [1.29, 1.82) is 0 Å². The number of nitrogens with zero attached hydrogens (tertiary/aromatic N) is 1. The van der Waals surface area contributed by atoms with Crippen LogP contribution in [0.3, 0.4) is 0 Å². The van der Waals surface area contributed by atoms with Crippen LogP contribution in [0, 0.1) is 19.8 Å².